The van der Waals surface area contributed by atoms with Crippen LogP contribution in [0.5, 0.6) is 0 Å². The van der Waals surface area contributed by atoms with Gasteiger partial charge in [0.15, 0.2) is 0 Å². The molecule has 218 valence electrons. The maximum Gasteiger partial charge on any atom is 0.253 e. The van der Waals surface area contributed by atoms with Crippen molar-refractivity contribution in [1.82, 2.24) is 19.8 Å². The average Bonchev–Trinajstić information content (AvgIpc) is 3.07. The van der Waals surface area contributed by atoms with Crippen molar-refractivity contribution in [3.63, 3.8) is 0 Å². The number of hydrogen-bond acceptors (Lipinski definition) is 6. The molecule has 0 atom stereocenters. The number of fused-ring (bicyclic) bond motifs is 2. The Labute approximate surface area is 264 Å². The zero-order valence-corrected chi connectivity index (χ0v) is 26.0. The van der Waals surface area contributed by atoms with Gasteiger partial charge in [0, 0.05) is 71.3 Å². The second kappa shape index (κ2) is 13.3. The van der Waals surface area contributed by atoms with E-state index in [-0.39, 0.29) is 11.8 Å². The lowest BCUT2D eigenvalue weighted by atomic mass is 10.1. The number of aromatic nitrogens is 2. The fraction of sp³-hybridized carbons (Fsp3) is 0.111. The van der Waals surface area contributed by atoms with E-state index >= 15 is 0 Å². The van der Waals surface area contributed by atoms with Crippen molar-refractivity contribution in [1.29, 1.82) is 0 Å². The van der Waals surface area contributed by atoms with Gasteiger partial charge in [-0.3, -0.25) is 19.6 Å². The number of carbonyl (C=O) groups excluding carboxylic acids is 2. The standard InChI is InChI=1S/C36H30N4O2S2/c1-39(23-25-11-5-3-6-12-25)35(41)29-19-27-15-9-17-37-33(27)31(21-29)43-44-32-22-30(20-28-16-10-18-38-34(28)32)36(42)40(2)24-26-13-7-4-8-14-26/h3-22H,23-24H2,1-2H3. The van der Waals surface area contributed by atoms with Crippen LogP contribution in [0.15, 0.2) is 131 Å². The first kappa shape index (κ1) is 29.4. The fourth-order valence-corrected chi connectivity index (χ4v) is 7.41. The molecule has 0 spiro atoms. The zero-order chi connectivity index (χ0) is 30.5. The Morgan fingerprint density at radius 2 is 0.977 bits per heavy atom. The zero-order valence-electron chi connectivity index (χ0n) is 24.4. The normalized spacial score (nSPS) is 11.0. The smallest absolute Gasteiger partial charge is 0.253 e. The lowest BCUT2D eigenvalue weighted by Gasteiger charge is -2.19. The average molecular weight is 615 g/mol. The fourth-order valence-electron chi connectivity index (χ4n) is 5.08. The third kappa shape index (κ3) is 6.61. The number of pyridine rings is 2. The molecule has 0 unspecified atom stereocenters. The van der Waals surface area contributed by atoms with Gasteiger partial charge in [-0.1, -0.05) is 94.4 Å². The lowest BCUT2D eigenvalue weighted by molar-refractivity contribution is 0.0778. The predicted octanol–water partition coefficient (Wildman–Crippen LogP) is 8.13. The monoisotopic (exact) mass is 614 g/mol. The Kier molecular flexibility index (Phi) is 8.91. The minimum atomic E-state index is -0.0624. The molecular formula is C36H30N4O2S2. The predicted molar refractivity (Wildman–Crippen MR) is 180 cm³/mol. The molecule has 6 nitrogen and oxygen atoms in total. The molecule has 0 saturated carbocycles. The number of benzene rings is 4. The molecule has 0 radical (unpaired) electrons. The summed E-state index contributed by atoms with van der Waals surface area (Å²) in [5, 5.41) is 1.79. The largest absolute Gasteiger partial charge is 0.337 e. The van der Waals surface area contributed by atoms with E-state index in [1.165, 1.54) is 21.6 Å². The summed E-state index contributed by atoms with van der Waals surface area (Å²) >= 11 is 0. The Bertz CT molecular complexity index is 1810. The highest BCUT2D eigenvalue weighted by atomic mass is 33.1. The molecule has 44 heavy (non-hydrogen) atoms. The van der Waals surface area contributed by atoms with Crippen LogP contribution in [0.2, 0.25) is 0 Å². The highest BCUT2D eigenvalue weighted by Gasteiger charge is 2.19. The van der Waals surface area contributed by atoms with Crippen LogP contribution in [0.25, 0.3) is 21.8 Å². The third-order valence-corrected chi connectivity index (χ3v) is 9.67. The van der Waals surface area contributed by atoms with Crippen molar-refractivity contribution in [2.24, 2.45) is 0 Å². The van der Waals surface area contributed by atoms with Crippen LogP contribution in [0.3, 0.4) is 0 Å². The molecule has 8 heteroatoms. The molecule has 2 heterocycles. The van der Waals surface area contributed by atoms with Crippen molar-refractivity contribution >= 4 is 55.2 Å². The van der Waals surface area contributed by atoms with Crippen LogP contribution in [0, 0.1) is 0 Å². The highest BCUT2D eigenvalue weighted by Crippen LogP contribution is 2.43. The van der Waals surface area contributed by atoms with E-state index in [1.807, 2.05) is 123 Å². The van der Waals surface area contributed by atoms with Gasteiger partial charge in [0.05, 0.1) is 11.0 Å². The summed E-state index contributed by atoms with van der Waals surface area (Å²) in [4.78, 5) is 41.6. The van der Waals surface area contributed by atoms with E-state index in [0.29, 0.717) is 24.2 Å². The van der Waals surface area contributed by atoms with E-state index in [1.54, 1.807) is 22.2 Å². The van der Waals surface area contributed by atoms with Gasteiger partial charge in [-0.15, -0.1) is 0 Å². The number of rotatable bonds is 9. The summed E-state index contributed by atoms with van der Waals surface area (Å²) in [7, 11) is 6.67. The summed E-state index contributed by atoms with van der Waals surface area (Å²) in [6.45, 7) is 1.03. The number of carbonyl (C=O) groups is 2. The van der Waals surface area contributed by atoms with Gasteiger partial charge in [0.1, 0.15) is 0 Å². The molecule has 2 aromatic heterocycles. The Morgan fingerprint density at radius 3 is 1.39 bits per heavy atom. The number of hydrogen-bond donors (Lipinski definition) is 0. The maximum absolute atomic E-state index is 13.5. The van der Waals surface area contributed by atoms with Crippen LogP contribution in [-0.2, 0) is 13.1 Å². The lowest BCUT2D eigenvalue weighted by Crippen LogP contribution is -2.26. The van der Waals surface area contributed by atoms with Gasteiger partial charge in [0.25, 0.3) is 11.8 Å². The van der Waals surface area contributed by atoms with Crippen molar-refractivity contribution in [3.8, 4) is 0 Å². The first-order valence-electron chi connectivity index (χ1n) is 14.2. The second-order valence-corrected chi connectivity index (χ2v) is 12.8. The molecule has 2 amide bonds. The van der Waals surface area contributed by atoms with Crippen LogP contribution in [0.4, 0.5) is 0 Å². The molecule has 0 aliphatic heterocycles. The topological polar surface area (TPSA) is 66.4 Å². The third-order valence-electron chi connectivity index (χ3n) is 7.27. The van der Waals surface area contributed by atoms with Crippen LogP contribution < -0.4 is 0 Å². The van der Waals surface area contributed by atoms with Gasteiger partial charge >= 0.3 is 0 Å². The van der Waals surface area contributed by atoms with Crippen molar-refractivity contribution in [2.75, 3.05) is 14.1 Å². The minimum absolute atomic E-state index is 0.0624. The van der Waals surface area contributed by atoms with Crippen molar-refractivity contribution in [2.45, 2.75) is 22.9 Å². The molecule has 6 aromatic rings. The maximum atomic E-state index is 13.5. The summed E-state index contributed by atoms with van der Waals surface area (Å²) in [5.74, 6) is -0.125. The van der Waals surface area contributed by atoms with Crippen LogP contribution >= 0.6 is 21.6 Å². The number of nitrogens with zero attached hydrogens (tertiary/aromatic N) is 4. The van der Waals surface area contributed by atoms with E-state index in [0.717, 1.165) is 42.7 Å². The minimum Gasteiger partial charge on any atom is -0.337 e. The van der Waals surface area contributed by atoms with Gasteiger partial charge in [-0.2, -0.15) is 0 Å². The van der Waals surface area contributed by atoms with Crippen molar-refractivity contribution < 1.29 is 9.59 Å². The summed E-state index contributed by atoms with van der Waals surface area (Å²) in [6.07, 6.45) is 3.53. The molecule has 0 saturated heterocycles. The molecule has 0 N–H and O–H groups in total. The van der Waals surface area contributed by atoms with E-state index in [2.05, 4.69) is 9.97 Å². The van der Waals surface area contributed by atoms with Crippen LogP contribution in [0.1, 0.15) is 31.8 Å². The van der Waals surface area contributed by atoms with Crippen LogP contribution in [-0.4, -0.2) is 45.7 Å². The summed E-state index contributed by atoms with van der Waals surface area (Å²) < 4.78 is 0. The Hall–Kier alpha value is -4.66. The van der Waals surface area contributed by atoms with E-state index in [9.17, 15) is 9.59 Å². The quantitative estimate of drug-likeness (QED) is 0.153. The Morgan fingerprint density at radius 1 is 0.568 bits per heavy atom. The van der Waals surface area contributed by atoms with Gasteiger partial charge < -0.3 is 9.80 Å². The molecule has 4 aromatic carbocycles. The molecule has 0 bridgehead atoms. The number of amides is 2. The van der Waals surface area contributed by atoms with Gasteiger partial charge in [0.2, 0.25) is 0 Å². The summed E-state index contributed by atoms with van der Waals surface area (Å²) in [6, 6.07) is 35.2. The Balaban J connectivity index is 1.29. The van der Waals surface area contributed by atoms with Gasteiger partial charge in [-0.05, 0) is 47.5 Å². The summed E-state index contributed by atoms with van der Waals surface area (Å²) in [5.41, 5.74) is 4.97. The molecule has 0 aliphatic rings. The molecular weight excluding hydrogens is 585 g/mol. The second-order valence-electron chi connectivity index (χ2n) is 10.6. The van der Waals surface area contributed by atoms with Crippen molar-refractivity contribution in [3.05, 3.63) is 144 Å². The van der Waals surface area contributed by atoms with E-state index < -0.39 is 0 Å². The molecule has 0 fully saturated rings. The molecule has 6 rings (SSSR count). The van der Waals surface area contributed by atoms with Gasteiger partial charge in [-0.25, -0.2) is 0 Å². The van der Waals surface area contributed by atoms with E-state index in [4.69, 9.17) is 0 Å². The SMILES string of the molecule is CN(Cc1ccccc1)C(=O)c1cc(SSc2cc(C(=O)N(C)Cc3ccccc3)cc3cccnc23)c2ncccc2c1. The highest BCUT2D eigenvalue weighted by molar-refractivity contribution is 8.76. The first-order valence-corrected chi connectivity index (χ1v) is 16.3. The molecule has 0 aliphatic carbocycles. The first-order chi connectivity index (χ1) is 21.5.